The van der Waals surface area contributed by atoms with Crippen LogP contribution in [0.1, 0.15) is 18.1 Å². The van der Waals surface area contributed by atoms with Crippen LogP contribution in [0.25, 0.3) is 11.5 Å². The molecule has 24 heavy (non-hydrogen) atoms. The maximum absolute atomic E-state index is 11.8. The van der Waals surface area contributed by atoms with E-state index in [4.69, 9.17) is 9.05 Å². The topological polar surface area (TPSA) is 94.1 Å². The van der Waals surface area contributed by atoms with Crippen molar-refractivity contribution in [3.63, 3.8) is 0 Å². The van der Waals surface area contributed by atoms with Gasteiger partial charge in [-0.2, -0.15) is 4.98 Å². The standard InChI is InChI=1S/C16H16N4O3S/c1-11-9-13(19-22-11)16-18-15(23-20-16)10-17-14(21)7-8-24-12-5-3-2-4-6-12/h2-6,9H,7-8,10H2,1H3,(H,17,21). The highest BCUT2D eigenvalue weighted by molar-refractivity contribution is 7.99. The normalized spacial score (nSPS) is 10.7. The molecule has 1 amide bonds. The van der Waals surface area contributed by atoms with E-state index in [1.54, 1.807) is 24.8 Å². The Labute approximate surface area is 142 Å². The molecule has 1 aromatic carbocycles. The Kier molecular flexibility index (Phi) is 5.27. The molecule has 1 N–H and O–H groups in total. The van der Waals surface area contributed by atoms with Crippen LogP contribution in [0.2, 0.25) is 0 Å². The number of aromatic nitrogens is 3. The molecule has 8 heteroatoms. The van der Waals surface area contributed by atoms with Crippen molar-refractivity contribution in [2.45, 2.75) is 24.8 Å². The Morgan fingerprint density at radius 3 is 2.79 bits per heavy atom. The van der Waals surface area contributed by atoms with Crippen LogP contribution in [-0.2, 0) is 11.3 Å². The SMILES string of the molecule is Cc1cc(-c2noc(CNC(=O)CCSc3ccccc3)n2)no1. The van der Waals surface area contributed by atoms with E-state index in [1.807, 2.05) is 30.3 Å². The molecule has 0 bridgehead atoms. The van der Waals surface area contributed by atoms with E-state index in [-0.39, 0.29) is 12.5 Å². The van der Waals surface area contributed by atoms with Gasteiger partial charge in [0.25, 0.3) is 0 Å². The summed E-state index contributed by atoms with van der Waals surface area (Å²) in [5.41, 5.74) is 0.507. The maximum atomic E-state index is 11.8. The molecular formula is C16H16N4O3S. The highest BCUT2D eigenvalue weighted by atomic mass is 32.2. The Morgan fingerprint density at radius 1 is 1.21 bits per heavy atom. The number of nitrogens with zero attached hydrogens (tertiary/aromatic N) is 3. The molecule has 0 atom stereocenters. The van der Waals surface area contributed by atoms with Crippen molar-refractivity contribution in [2.75, 3.05) is 5.75 Å². The lowest BCUT2D eigenvalue weighted by atomic mass is 10.4. The van der Waals surface area contributed by atoms with E-state index in [1.165, 1.54) is 0 Å². The van der Waals surface area contributed by atoms with Crippen LogP contribution in [0.15, 0.2) is 50.3 Å². The zero-order valence-electron chi connectivity index (χ0n) is 13.1. The first-order valence-electron chi connectivity index (χ1n) is 7.41. The summed E-state index contributed by atoms with van der Waals surface area (Å²) in [6, 6.07) is 11.7. The molecule has 3 aromatic rings. The predicted molar refractivity (Wildman–Crippen MR) is 88.2 cm³/mol. The van der Waals surface area contributed by atoms with Gasteiger partial charge in [-0.1, -0.05) is 28.5 Å². The fourth-order valence-electron chi connectivity index (χ4n) is 1.94. The van der Waals surface area contributed by atoms with Gasteiger partial charge in [-0.3, -0.25) is 4.79 Å². The summed E-state index contributed by atoms with van der Waals surface area (Å²) in [6.45, 7) is 1.98. The number of thioether (sulfide) groups is 1. The van der Waals surface area contributed by atoms with Crippen molar-refractivity contribution in [3.05, 3.63) is 48.0 Å². The first-order valence-corrected chi connectivity index (χ1v) is 8.40. The average Bonchev–Trinajstić information content (AvgIpc) is 3.23. The summed E-state index contributed by atoms with van der Waals surface area (Å²) >= 11 is 1.64. The summed E-state index contributed by atoms with van der Waals surface area (Å²) in [6.07, 6.45) is 0.420. The highest BCUT2D eigenvalue weighted by Crippen LogP contribution is 2.18. The molecule has 2 aromatic heterocycles. The van der Waals surface area contributed by atoms with Crippen LogP contribution >= 0.6 is 11.8 Å². The fourth-order valence-corrected chi connectivity index (χ4v) is 2.82. The molecule has 0 aliphatic heterocycles. The van der Waals surface area contributed by atoms with E-state index in [0.717, 1.165) is 4.90 Å². The van der Waals surface area contributed by atoms with Crippen molar-refractivity contribution < 1.29 is 13.8 Å². The summed E-state index contributed by atoms with van der Waals surface area (Å²) in [4.78, 5) is 17.2. The van der Waals surface area contributed by atoms with E-state index >= 15 is 0 Å². The third kappa shape index (κ3) is 4.45. The predicted octanol–water partition coefficient (Wildman–Crippen LogP) is 2.83. The van der Waals surface area contributed by atoms with Gasteiger partial charge in [-0.25, -0.2) is 0 Å². The molecular weight excluding hydrogens is 328 g/mol. The number of benzene rings is 1. The number of hydrogen-bond donors (Lipinski definition) is 1. The van der Waals surface area contributed by atoms with Crippen LogP contribution in [0.3, 0.4) is 0 Å². The van der Waals surface area contributed by atoms with Gasteiger partial charge in [0, 0.05) is 23.1 Å². The molecule has 3 rings (SSSR count). The number of nitrogens with one attached hydrogen (secondary N) is 1. The molecule has 0 saturated heterocycles. The number of carbonyl (C=O) groups excluding carboxylic acids is 1. The highest BCUT2D eigenvalue weighted by Gasteiger charge is 2.13. The fraction of sp³-hybridized carbons (Fsp3) is 0.250. The molecule has 2 heterocycles. The molecule has 124 valence electrons. The summed E-state index contributed by atoms with van der Waals surface area (Å²) in [5.74, 6) is 1.99. The van der Waals surface area contributed by atoms with Gasteiger partial charge < -0.3 is 14.4 Å². The lowest BCUT2D eigenvalue weighted by Crippen LogP contribution is -2.23. The minimum Gasteiger partial charge on any atom is -0.361 e. The van der Waals surface area contributed by atoms with Gasteiger partial charge in [0.15, 0.2) is 5.69 Å². The second-order valence-electron chi connectivity index (χ2n) is 5.02. The van der Waals surface area contributed by atoms with E-state index in [0.29, 0.717) is 35.3 Å². The van der Waals surface area contributed by atoms with Gasteiger partial charge in [-0.05, 0) is 19.1 Å². The van der Waals surface area contributed by atoms with Crippen LogP contribution in [0, 0.1) is 6.92 Å². The minimum absolute atomic E-state index is 0.0598. The van der Waals surface area contributed by atoms with Gasteiger partial charge >= 0.3 is 0 Å². The lowest BCUT2D eigenvalue weighted by molar-refractivity contribution is -0.120. The van der Waals surface area contributed by atoms with Crippen molar-refractivity contribution in [3.8, 4) is 11.5 Å². The Hall–Kier alpha value is -2.61. The van der Waals surface area contributed by atoms with Gasteiger partial charge in [0.05, 0.1) is 6.54 Å². The van der Waals surface area contributed by atoms with E-state index in [9.17, 15) is 4.79 Å². The molecule has 0 unspecified atom stereocenters. The molecule has 0 fully saturated rings. The van der Waals surface area contributed by atoms with Crippen LogP contribution in [-0.4, -0.2) is 27.0 Å². The Balaban J connectivity index is 1.42. The minimum atomic E-state index is -0.0598. The van der Waals surface area contributed by atoms with Crippen LogP contribution in [0.5, 0.6) is 0 Å². The zero-order chi connectivity index (χ0) is 16.8. The summed E-state index contributed by atoms with van der Waals surface area (Å²) in [7, 11) is 0. The van der Waals surface area contributed by atoms with E-state index in [2.05, 4.69) is 20.6 Å². The molecule has 0 spiro atoms. The second-order valence-corrected chi connectivity index (χ2v) is 6.19. The molecule has 0 saturated carbocycles. The van der Waals surface area contributed by atoms with Crippen molar-refractivity contribution in [2.24, 2.45) is 0 Å². The van der Waals surface area contributed by atoms with E-state index < -0.39 is 0 Å². The number of hydrogen-bond acceptors (Lipinski definition) is 7. The van der Waals surface area contributed by atoms with Gasteiger partial charge in [0.2, 0.25) is 17.6 Å². The van der Waals surface area contributed by atoms with Crippen molar-refractivity contribution >= 4 is 17.7 Å². The first-order chi connectivity index (χ1) is 11.7. The zero-order valence-corrected chi connectivity index (χ0v) is 13.9. The second kappa shape index (κ2) is 7.78. The smallest absolute Gasteiger partial charge is 0.246 e. The quantitative estimate of drug-likeness (QED) is 0.659. The molecule has 0 aliphatic rings. The summed E-state index contributed by atoms with van der Waals surface area (Å²) < 4.78 is 10.1. The Bertz CT molecular complexity index is 801. The number of rotatable bonds is 7. The third-order valence-electron chi connectivity index (χ3n) is 3.10. The first kappa shape index (κ1) is 16.3. The average molecular weight is 344 g/mol. The van der Waals surface area contributed by atoms with Crippen molar-refractivity contribution in [1.82, 2.24) is 20.6 Å². The molecule has 0 radical (unpaired) electrons. The van der Waals surface area contributed by atoms with Crippen LogP contribution in [0.4, 0.5) is 0 Å². The number of carbonyl (C=O) groups is 1. The number of amides is 1. The van der Waals surface area contributed by atoms with Crippen LogP contribution < -0.4 is 5.32 Å². The molecule has 7 nitrogen and oxygen atoms in total. The number of aryl methyl sites for hydroxylation is 1. The van der Waals surface area contributed by atoms with Gasteiger partial charge in [0.1, 0.15) is 5.76 Å². The van der Waals surface area contributed by atoms with Gasteiger partial charge in [-0.15, -0.1) is 11.8 Å². The monoisotopic (exact) mass is 344 g/mol. The lowest BCUT2D eigenvalue weighted by Gasteiger charge is -2.02. The van der Waals surface area contributed by atoms with Crippen molar-refractivity contribution in [1.29, 1.82) is 0 Å². The largest absolute Gasteiger partial charge is 0.361 e. The maximum Gasteiger partial charge on any atom is 0.246 e. The Morgan fingerprint density at radius 2 is 2.04 bits per heavy atom. The summed E-state index contributed by atoms with van der Waals surface area (Å²) in [5, 5.41) is 10.4. The molecule has 0 aliphatic carbocycles. The third-order valence-corrected chi connectivity index (χ3v) is 4.12.